The molecule has 0 aromatic carbocycles. The largest absolute Gasteiger partial charge is 0.408 e. The normalized spacial score (nSPS) is 15.5. The van der Waals surface area contributed by atoms with Gasteiger partial charge in [-0.2, -0.15) is 0 Å². The van der Waals surface area contributed by atoms with Crippen molar-refractivity contribution in [3.63, 3.8) is 0 Å². The van der Waals surface area contributed by atoms with Gasteiger partial charge in [0.1, 0.15) is 0 Å². The summed E-state index contributed by atoms with van der Waals surface area (Å²) >= 11 is 0. The monoisotopic (exact) mass is 210 g/mol. The Kier molecular flexibility index (Phi) is 3.55. The van der Waals surface area contributed by atoms with E-state index in [1.807, 2.05) is 0 Å². The Bertz CT molecular complexity index is 295. The van der Waals surface area contributed by atoms with E-state index in [4.69, 9.17) is 10.2 Å². The highest BCUT2D eigenvalue weighted by Crippen LogP contribution is 2.33. The summed E-state index contributed by atoms with van der Waals surface area (Å²) in [6.07, 6.45) is 5.98. The van der Waals surface area contributed by atoms with Crippen LogP contribution in [0.3, 0.4) is 0 Å². The fourth-order valence-corrected chi connectivity index (χ4v) is 1.54. The highest BCUT2D eigenvalue weighted by atomic mass is 16.4. The summed E-state index contributed by atoms with van der Waals surface area (Å²) in [7, 11) is 0. The van der Waals surface area contributed by atoms with Crippen LogP contribution in [-0.4, -0.2) is 23.3 Å². The predicted octanol–water partition coefficient (Wildman–Crippen LogP) is 1.17. The first-order valence-corrected chi connectivity index (χ1v) is 5.65. The fourth-order valence-electron chi connectivity index (χ4n) is 1.54. The van der Waals surface area contributed by atoms with Crippen molar-refractivity contribution in [2.75, 3.05) is 18.4 Å². The first kappa shape index (κ1) is 10.4. The standard InChI is InChI=1S/C10H18N4O/c11-6-5-9-13-14-10(15-9)12-7-1-2-8-3-4-8/h8H,1-7,11H2,(H,12,14). The lowest BCUT2D eigenvalue weighted by Gasteiger charge is -1.99. The Morgan fingerprint density at radius 1 is 1.40 bits per heavy atom. The van der Waals surface area contributed by atoms with E-state index in [0.717, 1.165) is 12.5 Å². The number of hydrogen-bond acceptors (Lipinski definition) is 5. The summed E-state index contributed by atoms with van der Waals surface area (Å²) in [5.41, 5.74) is 5.38. The molecule has 1 aromatic rings. The summed E-state index contributed by atoms with van der Waals surface area (Å²) in [5.74, 6) is 1.60. The molecule has 1 saturated carbocycles. The van der Waals surface area contributed by atoms with Gasteiger partial charge in [0.15, 0.2) is 0 Å². The van der Waals surface area contributed by atoms with Crippen LogP contribution in [0.15, 0.2) is 4.42 Å². The average Bonchev–Trinajstić information content (AvgIpc) is 2.95. The van der Waals surface area contributed by atoms with Crippen molar-refractivity contribution in [1.29, 1.82) is 0 Å². The van der Waals surface area contributed by atoms with Gasteiger partial charge in [-0.05, 0) is 18.8 Å². The molecule has 0 spiro atoms. The molecule has 0 saturated heterocycles. The number of hydrogen-bond donors (Lipinski definition) is 2. The molecule has 2 rings (SSSR count). The van der Waals surface area contributed by atoms with Gasteiger partial charge in [-0.25, -0.2) is 0 Å². The summed E-state index contributed by atoms with van der Waals surface area (Å²) in [6, 6.07) is 0.522. The highest BCUT2D eigenvalue weighted by molar-refractivity contribution is 5.16. The van der Waals surface area contributed by atoms with Crippen LogP contribution in [-0.2, 0) is 6.42 Å². The smallest absolute Gasteiger partial charge is 0.315 e. The van der Waals surface area contributed by atoms with Gasteiger partial charge in [0.05, 0.1) is 0 Å². The van der Waals surface area contributed by atoms with Crippen LogP contribution in [0.5, 0.6) is 0 Å². The van der Waals surface area contributed by atoms with Gasteiger partial charge < -0.3 is 15.5 Å². The van der Waals surface area contributed by atoms with Gasteiger partial charge in [0.25, 0.3) is 0 Å². The van der Waals surface area contributed by atoms with E-state index < -0.39 is 0 Å². The predicted molar refractivity (Wildman–Crippen MR) is 57.5 cm³/mol. The average molecular weight is 210 g/mol. The second-order valence-electron chi connectivity index (χ2n) is 4.05. The van der Waals surface area contributed by atoms with Crippen LogP contribution in [0.25, 0.3) is 0 Å². The molecule has 15 heavy (non-hydrogen) atoms. The van der Waals surface area contributed by atoms with Crippen LogP contribution in [0, 0.1) is 5.92 Å². The molecule has 1 fully saturated rings. The Labute approximate surface area is 89.4 Å². The molecule has 0 radical (unpaired) electrons. The number of rotatable bonds is 7. The zero-order valence-electron chi connectivity index (χ0n) is 8.91. The van der Waals surface area contributed by atoms with Crippen molar-refractivity contribution in [2.24, 2.45) is 11.7 Å². The molecule has 5 heteroatoms. The third-order valence-electron chi connectivity index (χ3n) is 2.59. The van der Waals surface area contributed by atoms with E-state index in [1.54, 1.807) is 0 Å². The number of aromatic nitrogens is 2. The molecular formula is C10H18N4O. The minimum atomic E-state index is 0.522. The molecule has 1 aliphatic rings. The Hall–Kier alpha value is -1.10. The van der Waals surface area contributed by atoms with Gasteiger partial charge in [-0.1, -0.05) is 17.9 Å². The minimum Gasteiger partial charge on any atom is -0.408 e. The maximum atomic E-state index is 5.38. The van der Waals surface area contributed by atoms with Crippen LogP contribution >= 0.6 is 0 Å². The molecule has 1 aliphatic carbocycles. The molecular weight excluding hydrogens is 192 g/mol. The second kappa shape index (κ2) is 5.11. The van der Waals surface area contributed by atoms with Crippen molar-refractivity contribution in [1.82, 2.24) is 10.2 Å². The molecule has 0 aliphatic heterocycles. The van der Waals surface area contributed by atoms with Gasteiger partial charge >= 0.3 is 6.01 Å². The van der Waals surface area contributed by atoms with Gasteiger partial charge in [-0.15, -0.1) is 5.10 Å². The molecule has 0 amide bonds. The third-order valence-corrected chi connectivity index (χ3v) is 2.59. The summed E-state index contributed by atoms with van der Waals surface area (Å²) in [5, 5.41) is 10.9. The number of anilines is 1. The minimum absolute atomic E-state index is 0.522. The highest BCUT2D eigenvalue weighted by Gasteiger charge is 2.20. The lowest BCUT2D eigenvalue weighted by atomic mass is 10.2. The molecule has 0 unspecified atom stereocenters. The van der Waals surface area contributed by atoms with Crippen molar-refractivity contribution >= 4 is 6.01 Å². The molecule has 0 atom stereocenters. The van der Waals surface area contributed by atoms with Crippen LogP contribution in [0.1, 0.15) is 31.6 Å². The molecule has 1 aromatic heterocycles. The molecule has 3 N–H and O–H groups in total. The maximum Gasteiger partial charge on any atom is 0.315 e. The lowest BCUT2D eigenvalue weighted by Crippen LogP contribution is -2.02. The summed E-state index contributed by atoms with van der Waals surface area (Å²) in [6.45, 7) is 1.46. The second-order valence-corrected chi connectivity index (χ2v) is 4.05. The zero-order chi connectivity index (χ0) is 10.5. The molecule has 1 heterocycles. The number of nitrogens with one attached hydrogen (secondary N) is 1. The van der Waals surface area contributed by atoms with E-state index in [-0.39, 0.29) is 0 Å². The van der Waals surface area contributed by atoms with Crippen molar-refractivity contribution in [2.45, 2.75) is 32.1 Å². The Balaban J connectivity index is 1.63. The van der Waals surface area contributed by atoms with E-state index in [9.17, 15) is 0 Å². The Morgan fingerprint density at radius 3 is 3.00 bits per heavy atom. The lowest BCUT2D eigenvalue weighted by molar-refractivity contribution is 0.504. The van der Waals surface area contributed by atoms with Gasteiger partial charge in [0, 0.05) is 19.5 Å². The first-order valence-electron chi connectivity index (χ1n) is 5.65. The quantitative estimate of drug-likeness (QED) is 0.661. The SMILES string of the molecule is NCCc1nnc(NCCCC2CC2)o1. The van der Waals surface area contributed by atoms with Crippen molar-refractivity contribution in [3.05, 3.63) is 5.89 Å². The molecule has 5 nitrogen and oxygen atoms in total. The fraction of sp³-hybridized carbons (Fsp3) is 0.800. The maximum absolute atomic E-state index is 5.38. The van der Waals surface area contributed by atoms with Crippen LogP contribution in [0.4, 0.5) is 6.01 Å². The first-order chi connectivity index (χ1) is 7.38. The van der Waals surface area contributed by atoms with E-state index in [1.165, 1.54) is 25.7 Å². The van der Waals surface area contributed by atoms with Crippen molar-refractivity contribution < 1.29 is 4.42 Å². The van der Waals surface area contributed by atoms with Crippen molar-refractivity contribution in [3.8, 4) is 0 Å². The number of nitrogens with two attached hydrogens (primary N) is 1. The van der Waals surface area contributed by atoms with E-state index >= 15 is 0 Å². The molecule has 0 bridgehead atoms. The van der Waals surface area contributed by atoms with E-state index in [0.29, 0.717) is 24.9 Å². The van der Waals surface area contributed by atoms with Crippen LogP contribution in [0.2, 0.25) is 0 Å². The topological polar surface area (TPSA) is 77.0 Å². The van der Waals surface area contributed by atoms with E-state index in [2.05, 4.69) is 15.5 Å². The van der Waals surface area contributed by atoms with Gasteiger partial charge in [0.2, 0.25) is 5.89 Å². The third kappa shape index (κ3) is 3.51. The van der Waals surface area contributed by atoms with Crippen LogP contribution < -0.4 is 11.1 Å². The Morgan fingerprint density at radius 2 is 2.27 bits per heavy atom. The number of nitrogens with zero attached hydrogens (tertiary/aromatic N) is 2. The molecule has 84 valence electrons. The summed E-state index contributed by atoms with van der Waals surface area (Å²) in [4.78, 5) is 0. The van der Waals surface area contributed by atoms with Gasteiger partial charge in [-0.3, -0.25) is 0 Å². The summed E-state index contributed by atoms with van der Waals surface area (Å²) < 4.78 is 5.33. The zero-order valence-corrected chi connectivity index (χ0v) is 8.91.